The Balaban J connectivity index is 1.79. The highest BCUT2D eigenvalue weighted by molar-refractivity contribution is 7.33. The summed E-state index contributed by atoms with van der Waals surface area (Å²) in [6, 6.07) is 4.32. The first kappa shape index (κ1) is 24.4. The fraction of sp³-hybridized carbons (Fsp3) is 0.375. The normalized spacial score (nSPS) is 25.4. The number of halogens is 3. The summed E-state index contributed by atoms with van der Waals surface area (Å²) in [7, 11) is -3.19. The maximum Gasteiger partial charge on any atom is 0.750 e. The number of H-pyrrole nitrogens is 1. The van der Waals surface area contributed by atoms with Gasteiger partial charge in [-0.2, -0.15) is 13.2 Å². The van der Waals surface area contributed by atoms with Crippen molar-refractivity contribution < 1.29 is 41.7 Å². The molecule has 1 unspecified atom stereocenters. The zero-order chi connectivity index (χ0) is 24.4. The van der Waals surface area contributed by atoms with Crippen LogP contribution in [-0.2, 0) is 20.0 Å². The number of azide groups is 1. The van der Waals surface area contributed by atoms with Gasteiger partial charge < -0.3 is 19.9 Å². The first-order valence-corrected chi connectivity index (χ1v) is 9.94. The smallest absolute Gasteiger partial charge is 0.387 e. The van der Waals surface area contributed by atoms with E-state index in [2.05, 4.69) is 15.0 Å². The van der Waals surface area contributed by atoms with Crippen molar-refractivity contribution in [1.82, 2.24) is 9.55 Å². The molecule has 0 saturated carbocycles. The van der Waals surface area contributed by atoms with E-state index in [9.17, 15) is 37.5 Å². The van der Waals surface area contributed by atoms with Crippen LogP contribution in [0.25, 0.3) is 10.4 Å². The topological polar surface area (TPSA) is 189 Å². The van der Waals surface area contributed by atoms with Crippen LogP contribution in [0.3, 0.4) is 0 Å². The van der Waals surface area contributed by atoms with Gasteiger partial charge in [0.2, 0.25) is 5.72 Å². The van der Waals surface area contributed by atoms with E-state index in [1.807, 2.05) is 0 Å². The van der Waals surface area contributed by atoms with E-state index in [1.165, 1.54) is 0 Å². The number of aromatic amines is 1. The minimum atomic E-state index is -4.68. The molecule has 1 fully saturated rings. The number of benzene rings is 1. The number of hydrogen-bond acceptors (Lipinski definition) is 9. The van der Waals surface area contributed by atoms with E-state index >= 15 is 0 Å². The number of hydrogen-bond donors (Lipinski definition) is 3. The Morgan fingerprint density at radius 1 is 1.33 bits per heavy atom. The number of nitrogens with one attached hydrogen (secondary N) is 1. The number of alkyl halides is 3. The number of aliphatic hydroxyl groups excluding tert-OH is 2. The van der Waals surface area contributed by atoms with Gasteiger partial charge in [-0.1, -0.05) is 11.2 Å². The Hall–Kier alpha value is -3.26. The summed E-state index contributed by atoms with van der Waals surface area (Å²) < 4.78 is 65.8. The molecule has 1 aliphatic rings. The zero-order valence-electron chi connectivity index (χ0n) is 16.1. The molecule has 5 atom stereocenters. The third-order valence-electron chi connectivity index (χ3n) is 4.48. The first-order chi connectivity index (χ1) is 15.5. The molecule has 3 N–H and O–H groups in total. The molecule has 13 nitrogen and oxygen atoms in total. The summed E-state index contributed by atoms with van der Waals surface area (Å²) >= 11 is 0. The van der Waals surface area contributed by atoms with Crippen molar-refractivity contribution in [3.8, 4) is 5.75 Å². The Labute approximate surface area is 181 Å². The number of rotatable bonds is 7. The Morgan fingerprint density at radius 2 is 2.06 bits per heavy atom. The highest BCUT2D eigenvalue weighted by atomic mass is 31.1. The molecule has 2 heterocycles. The van der Waals surface area contributed by atoms with Crippen molar-refractivity contribution in [2.75, 3.05) is 6.61 Å². The fourth-order valence-corrected chi connectivity index (χ4v) is 3.57. The number of aliphatic hydroxyl groups is 2. The lowest BCUT2D eigenvalue weighted by molar-refractivity contribution is -0.137. The van der Waals surface area contributed by atoms with Crippen molar-refractivity contribution in [1.29, 1.82) is 0 Å². The fourth-order valence-electron chi connectivity index (χ4n) is 2.95. The monoisotopic (exact) mass is 492 g/mol. The average Bonchev–Trinajstić information content (AvgIpc) is 2.98. The summed E-state index contributed by atoms with van der Waals surface area (Å²) in [5.74, 6) is -0.461. The van der Waals surface area contributed by atoms with Gasteiger partial charge >= 0.3 is 20.1 Å². The van der Waals surface area contributed by atoms with Crippen LogP contribution in [0.2, 0.25) is 0 Å². The molecular weight excluding hydrogens is 478 g/mol. The van der Waals surface area contributed by atoms with Crippen LogP contribution in [0.1, 0.15) is 11.8 Å². The third kappa shape index (κ3) is 5.06. The number of aromatic nitrogens is 2. The van der Waals surface area contributed by atoms with Crippen LogP contribution < -0.4 is 15.8 Å². The van der Waals surface area contributed by atoms with Gasteiger partial charge in [0.05, 0.1) is 5.56 Å². The quantitative estimate of drug-likeness (QED) is 0.225. The van der Waals surface area contributed by atoms with Gasteiger partial charge in [0, 0.05) is 21.7 Å². The standard InChI is InChI=1S/C16H13F3N5O8P/c17-16(18,19)8-2-1-3-9(6-8)32-33(29)30-7-15(22-23-20)12(27)11(26)13(31-15)24-10(25)4-5-21-14(24)28/h1-6,11-13,26-27H,7H2/p+1/t11-,12+,13-,15-/m1/s1. The first-order valence-electron chi connectivity index (χ1n) is 8.84. The molecule has 0 aliphatic carbocycles. The minimum Gasteiger partial charge on any atom is -0.387 e. The van der Waals surface area contributed by atoms with Crippen molar-refractivity contribution >= 4 is 8.25 Å². The van der Waals surface area contributed by atoms with E-state index in [4.69, 9.17) is 19.3 Å². The summed E-state index contributed by atoms with van der Waals surface area (Å²) in [6.07, 6.45) is -9.52. The molecule has 1 saturated heterocycles. The molecule has 0 radical (unpaired) electrons. The van der Waals surface area contributed by atoms with Gasteiger partial charge in [-0.15, -0.1) is 4.52 Å². The molecule has 33 heavy (non-hydrogen) atoms. The van der Waals surface area contributed by atoms with E-state index in [0.717, 1.165) is 30.5 Å². The van der Waals surface area contributed by atoms with Gasteiger partial charge in [-0.3, -0.25) is 4.79 Å². The molecule has 17 heteroatoms. The Bertz CT molecular complexity index is 1190. The molecule has 176 valence electrons. The Morgan fingerprint density at radius 3 is 2.70 bits per heavy atom. The zero-order valence-corrected chi connectivity index (χ0v) is 17.0. The summed E-state index contributed by atoms with van der Waals surface area (Å²) in [5.41, 5.74) is 3.36. The van der Waals surface area contributed by atoms with Crippen molar-refractivity contribution in [2.24, 2.45) is 5.11 Å². The molecule has 1 aromatic heterocycles. The van der Waals surface area contributed by atoms with Gasteiger partial charge in [0.15, 0.2) is 12.0 Å². The maximum absolute atomic E-state index is 12.8. The van der Waals surface area contributed by atoms with Gasteiger partial charge in [-0.05, 0) is 23.7 Å². The number of ether oxygens (including phenoxy) is 1. The number of nitrogens with zero attached hydrogens (tertiary/aromatic N) is 4. The summed E-state index contributed by atoms with van der Waals surface area (Å²) in [6.45, 7) is -1.03. The van der Waals surface area contributed by atoms with Crippen LogP contribution in [-0.4, -0.2) is 44.3 Å². The molecule has 1 aliphatic heterocycles. The van der Waals surface area contributed by atoms with Gasteiger partial charge in [-0.25, -0.2) is 13.9 Å². The highest BCUT2D eigenvalue weighted by Crippen LogP contribution is 2.40. The van der Waals surface area contributed by atoms with Gasteiger partial charge in [0.1, 0.15) is 18.8 Å². The molecule has 3 rings (SSSR count). The van der Waals surface area contributed by atoms with Crippen LogP contribution >= 0.6 is 8.25 Å². The SMILES string of the molecule is [N-]=[N+]=N[C@]1(CO[P+](=O)Oc2cccc(C(F)(F)F)c2)O[C@@H](n2c(=O)cc[nH]c2=O)[C@H](O)[C@@H]1O. The van der Waals surface area contributed by atoms with E-state index < -0.39 is 67.8 Å². The lowest BCUT2D eigenvalue weighted by atomic mass is 10.1. The summed E-state index contributed by atoms with van der Waals surface area (Å²) in [4.78, 5) is 28.6. The second-order valence-electron chi connectivity index (χ2n) is 6.58. The van der Waals surface area contributed by atoms with E-state index in [0.29, 0.717) is 10.6 Å². The molecular formula is C16H14F3N5O8P+. The minimum absolute atomic E-state index is 0.404. The van der Waals surface area contributed by atoms with Crippen LogP contribution in [0.5, 0.6) is 5.75 Å². The van der Waals surface area contributed by atoms with Crippen LogP contribution in [0, 0.1) is 0 Å². The van der Waals surface area contributed by atoms with Crippen LogP contribution in [0.4, 0.5) is 13.2 Å². The third-order valence-corrected chi connectivity index (χ3v) is 5.18. The predicted octanol–water partition coefficient (Wildman–Crippen LogP) is 1.57. The average molecular weight is 492 g/mol. The predicted molar refractivity (Wildman–Crippen MR) is 101 cm³/mol. The molecule has 0 spiro atoms. The second-order valence-corrected chi connectivity index (χ2v) is 7.47. The molecule has 0 amide bonds. The lowest BCUT2D eigenvalue weighted by Crippen LogP contribution is -2.44. The van der Waals surface area contributed by atoms with Crippen molar-refractivity contribution in [3.05, 3.63) is 73.4 Å². The van der Waals surface area contributed by atoms with E-state index in [1.54, 1.807) is 0 Å². The lowest BCUT2D eigenvalue weighted by Gasteiger charge is -2.23. The largest absolute Gasteiger partial charge is 0.750 e. The maximum atomic E-state index is 12.8. The van der Waals surface area contributed by atoms with Crippen molar-refractivity contribution in [3.63, 3.8) is 0 Å². The second kappa shape index (κ2) is 9.31. The van der Waals surface area contributed by atoms with Gasteiger partial charge in [0.25, 0.3) is 5.56 Å². The molecule has 2 aromatic rings. The summed E-state index contributed by atoms with van der Waals surface area (Å²) in [5, 5.41) is 23.9. The van der Waals surface area contributed by atoms with Crippen molar-refractivity contribution in [2.45, 2.75) is 30.3 Å². The molecule has 0 bridgehead atoms. The van der Waals surface area contributed by atoms with E-state index in [-0.39, 0.29) is 0 Å². The molecule has 1 aromatic carbocycles. The highest BCUT2D eigenvalue weighted by Gasteiger charge is 2.57. The van der Waals surface area contributed by atoms with Crippen LogP contribution in [0.15, 0.2) is 51.2 Å². The Kier molecular flexibility index (Phi) is 6.88.